The molecule has 1 aliphatic heterocycles. The van der Waals surface area contributed by atoms with Crippen LogP contribution >= 0.6 is 0 Å². The molecule has 1 fully saturated rings. The summed E-state index contributed by atoms with van der Waals surface area (Å²) in [5.41, 5.74) is 1.20. The van der Waals surface area contributed by atoms with E-state index in [1.165, 1.54) is 12.1 Å². The lowest BCUT2D eigenvalue weighted by Gasteiger charge is -2.40. The summed E-state index contributed by atoms with van der Waals surface area (Å²) in [7, 11) is -4.00. The van der Waals surface area contributed by atoms with Gasteiger partial charge in [-0.25, -0.2) is 8.42 Å². The average molecular weight is 500 g/mol. The van der Waals surface area contributed by atoms with E-state index in [-0.39, 0.29) is 36.6 Å². The maximum Gasteiger partial charge on any atom is 0.307 e. The number of rotatable bonds is 8. The lowest BCUT2D eigenvalue weighted by atomic mass is 10.2. The third-order valence-corrected chi connectivity index (χ3v) is 7.23. The number of nitrogens with one attached hydrogen (secondary N) is 2. The van der Waals surface area contributed by atoms with Gasteiger partial charge in [-0.1, -0.05) is 30.5 Å². The molecule has 2 aromatic carbocycles. The van der Waals surface area contributed by atoms with E-state index in [1.54, 1.807) is 50.2 Å². The second-order valence-electron chi connectivity index (χ2n) is 7.81. The largest absolute Gasteiger partial charge is 0.481 e. The normalized spacial score (nSPS) is 18.1. The molecule has 1 unspecified atom stereocenters. The van der Waals surface area contributed by atoms with Gasteiger partial charge in [-0.05, 0) is 50.2 Å². The van der Waals surface area contributed by atoms with Gasteiger partial charge >= 0.3 is 5.97 Å². The van der Waals surface area contributed by atoms with Crippen molar-refractivity contribution >= 4 is 21.9 Å². The van der Waals surface area contributed by atoms with Crippen molar-refractivity contribution in [2.75, 3.05) is 19.7 Å². The Morgan fingerprint density at radius 2 is 1.83 bits per heavy atom. The third kappa shape index (κ3) is 6.60. The smallest absolute Gasteiger partial charge is 0.307 e. The minimum absolute atomic E-state index is 0.0760. The zero-order valence-corrected chi connectivity index (χ0v) is 20.7. The van der Waals surface area contributed by atoms with Crippen LogP contribution in [-0.2, 0) is 19.6 Å². The molecule has 1 amide bonds. The van der Waals surface area contributed by atoms with E-state index >= 15 is 0 Å². The lowest BCUT2D eigenvalue weighted by molar-refractivity contribution is -0.155. The van der Waals surface area contributed by atoms with Crippen molar-refractivity contribution in [3.05, 3.63) is 59.7 Å². The second kappa shape index (κ2) is 11.8. The first-order chi connectivity index (χ1) is 16.8. The summed E-state index contributed by atoms with van der Waals surface area (Å²) in [6, 6.07) is 12.8. The van der Waals surface area contributed by atoms with E-state index in [2.05, 4.69) is 22.5 Å². The van der Waals surface area contributed by atoms with Crippen molar-refractivity contribution in [2.24, 2.45) is 0 Å². The van der Waals surface area contributed by atoms with Crippen molar-refractivity contribution in [1.82, 2.24) is 14.9 Å². The number of hydrogen-bond acceptors (Lipinski definition) is 7. The summed E-state index contributed by atoms with van der Waals surface area (Å²) < 4.78 is 39.0. The quantitative estimate of drug-likeness (QED) is 0.422. The van der Waals surface area contributed by atoms with Crippen molar-refractivity contribution in [3.63, 3.8) is 0 Å². The minimum atomic E-state index is -4.00. The number of carbonyl (C=O) groups excluding carboxylic acids is 2. The number of carbonyl (C=O) groups is 2. The van der Waals surface area contributed by atoms with E-state index in [9.17, 15) is 18.0 Å². The number of amides is 1. The van der Waals surface area contributed by atoms with E-state index in [4.69, 9.17) is 9.47 Å². The SMILES string of the molecule is CC#CCOc1ccc(C(=O)N[C@@H]2C(OC(=O)CC)NCCN2S(=O)(=O)c2ccc(C)cc2)cc1. The van der Waals surface area contributed by atoms with Crippen LogP contribution in [0.3, 0.4) is 0 Å². The van der Waals surface area contributed by atoms with Gasteiger partial charge in [0.15, 0.2) is 6.23 Å². The number of sulfonamides is 1. The van der Waals surface area contributed by atoms with Crippen LogP contribution in [0, 0.1) is 18.8 Å². The molecule has 2 aromatic rings. The summed E-state index contributed by atoms with van der Waals surface area (Å²) >= 11 is 0. The van der Waals surface area contributed by atoms with Crippen LogP contribution in [0.1, 0.15) is 36.2 Å². The monoisotopic (exact) mass is 499 g/mol. The number of hydrogen-bond donors (Lipinski definition) is 2. The van der Waals surface area contributed by atoms with Gasteiger partial charge in [0.25, 0.3) is 5.91 Å². The molecule has 1 saturated heterocycles. The molecule has 3 rings (SSSR count). The highest BCUT2D eigenvalue weighted by molar-refractivity contribution is 7.89. The van der Waals surface area contributed by atoms with Gasteiger partial charge in [0.1, 0.15) is 18.5 Å². The Labute approximate surface area is 205 Å². The van der Waals surface area contributed by atoms with E-state index in [1.807, 2.05) is 6.92 Å². The number of ether oxygens (including phenoxy) is 2. The fourth-order valence-corrected chi connectivity index (χ4v) is 4.97. The number of nitrogens with zero attached hydrogens (tertiary/aromatic N) is 1. The molecular formula is C25H29N3O6S. The number of esters is 1. The van der Waals surface area contributed by atoms with Gasteiger partial charge in [-0.15, -0.1) is 5.92 Å². The summed E-state index contributed by atoms with van der Waals surface area (Å²) in [4.78, 5) is 25.2. The molecule has 10 heteroatoms. The highest BCUT2D eigenvalue weighted by Gasteiger charge is 2.42. The number of benzene rings is 2. The first kappa shape index (κ1) is 26.2. The average Bonchev–Trinajstić information content (AvgIpc) is 2.85. The Balaban J connectivity index is 1.87. The van der Waals surface area contributed by atoms with Crippen LogP contribution in [0.2, 0.25) is 0 Å². The molecular weight excluding hydrogens is 470 g/mol. The van der Waals surface area contributed by atoms with Gasteiger partial charge in [-0.3, -0.25) is 14.9 Å². The standard InChI is InChI=1S/C25H29N3O6S/c1-4-6-17-33-20-11-9-19(10-12-20)24(30)27-23-25(34-22(29)5-2)26-15-16-28(23)35(31,32)21-13-7-18(3)8-14-21/h7-14,23,25-26H,5,15-17H2,1-3H3,(H,27,30)/t23-,25?/m0/s1. The van der Waals surface area contributed by atoms with Gasteiger partial charge in [0.05, 0.1) is 4.90 Å². The Morgan fingerprint density at radius 3 is 2.46 bits per heavy atom. The first-order valence-corrected chi connectivity index (χ1v) is 12.6. The fraction of sp³-hybridized carbons (Fsp3) is 0.360. The predicted octanol–water partition coefficient (Wildman–Crippen LogP) is 2.03. The molecule has 186 valence electrons. The fourth-order valence-electron chi connectivity index (χ4n) is 3.42. The zero-order valence-electron chi connectivity index (χ0n) is 19.9. The Kier molecular flexibility index (Phi) is 8.87. The summed E-state index contributed by atoms with van der Waals surface area (Å²) in [6.07, 6.45) is -2.11. The molecule has 0 saturated carbocycles. The first-order valence-electron chi connectivity index (χ1n) is 11.2. The summed E-state index contributed by atoms with van der Waals surface area (Å²) in [6.45, 7) is 5.75. The molecule has 0 bridgehead atoms. The minimum Gasteiger partial charge on any atom is -0.481 e. The van der Waals surface area contributed by atoms with E-state index in [0.717, 1.165) is 9.87 Å². The third-order valence-electron chi connectivity index (χ3n) is 5.33. The maximum absolute atomic E-state index is 13.5. The zero-order chi connectivity index (χ0) is 25.4. The van der Waals surface area contributed by atoms with Crippen molar-refractivity contribution < 1.29 is 27.5 Å². The van der Waals surface area contributed by atoms with Crippen molar-refractivity contribution in [1.29, 1.82) is 0 Å². The summed E-state index contributed by atoms with van der Waals surface area (Å²) in [5, 5.41) is 5.72. The lowest BCUT2D eigenvalue weighted by Crippen LogP contribution is -2.66. The Hall–Kier alpha value is -3.39. The summed E-state index contributed by atoms with van der Waals surface area (Å²) in [5.74, 6) is 5.01. The number of piperazine rings is 1. The van der Waals surface area contributed by atoms with Crippen LogP contribution in [0.5, 0.6) is 5.75 Å². The molecule has 9 nitrogen and oxygen atoms in total. The van der Waals surface area contributed by atoms with Gasteiger partial charge < -0.3 is 14.8 Å². The van der Waals surface area contributed by atoms with E-state index < -0.39 is 34.3 Å². The molecule has 1 heterocycles. The van der Waals surface area contributed by atoms with Crippen LogP contribution in [0.15, 0.2) is 53.4 Å². The van der Waals surface area contributed by atoms with Crippen LogP contribution < -0.4 is 15.4 Å². The van der Waals surface area contributed by atoms with Crippen molar-refractivity contribution in [2.45, 2.75) is 44.5 Å². The molecule has 0 aromatic heterocycles. The molecule has 1 aliphatic rings. The molecule has 35 heavy (non-hydrogen) atoms. The Morgan fingerprint density at radius 1 is 1.14 bits per heavy atom. The number of aryl methyl sites for hydroxylation is 1. The molecule has 2 N–H and O–H groups in total. The van der Waals surface area contributed by atoms with Gasteiger partial charge in [-0.2, -0.15) is 4.31 Å². The topological polar surface area (TPSA) is 114 Å². The molecule has 0 radical (unpaired) electrons. The maximum atomic E-state index is 13.5. The highest BCUT2D eigenvalue weighted by atomic mass is 32.2. The van der Waals surface area contributed by atoms with Gasteiger partial charge in [0, 0.05) is 25.1 Å². The van der Waals surface area contributed by atoms with E-state index in [0.29, 0.717) is 5.75 Å². The van der Waals surface area contributed by atoms with Crippen LogP contribution in [-0.4, -0.2) is 56.7 Å². The predicted molar refractivity (Wildman–Crippen MR) is 130 cm³/mol. The Bertz CT molecular complexity index is 1200. The second-order valence-corrected chi connectivity index (χ2v) is 9.70. The molecule has 0 spiro atoms. The van der Waals surface area contributed by atoms with Crippen LogP contribution in [0.25, 0.3) is 0 Å². The van der Waals surface area contributed by atoms with Crippen LogP contribution in [0.4, 0.5) is 0 Å². The molecule has 0 aliphatic carbocycles. The van der Waals surface area contributed by atoms with Crippen molar-refractivity contribution in [3.8, 4) is 17.6 Å². The highest BCUT2D eigenvalue weighted by Crippen LogP contribution is 2.22. The molecule has 2 atom stereocenters. The van der Waals surface area contributed by atoms with Gasteiger partial charge in [0.2, 0.25) is 10.0 Å².